The molecule has 3 rings (SSSR count). The average Bonchev–Trinajstić information content (AvgIpc) is 2.87. The van der Waals surface area contributed by atoms with Gasteiger partial charge in [-0.1, -0.05) is 0 Å². The van der Waals surface area contributed by atoms with E-state index in [2.05, 4.69) is 36.1 Å². The first-order valence-electron chi connectivity index (χ1n) is 5.82. The van der Waals surface area contributed by atoms with Gasteiger partial charge in [0.2, 0.25) is 5.95 Å². The lowest BCUT2D eigenvalue weighted by Gasteiger charge is -2.10. The number of aromatic nitrogens is 5. The number of hydrogen-bond acceptors (Lipinski definition) is 5. The number of nitrogen functional groups attached to an aromatic ring is 1. The number of rotatable bonds is 2. The monoisotopic (exact) mass is 336 g/mol. The fraction of sp³-hybridized carbons (Fsp3) is 0.167. The van der Waals surface area contributed by atoms with Gasteiger partial charge in [0.05, 0.1) is 4.47 Å². The van der Waals surface area contributed by atoms with Crippen molar-refractivity contribution in [1.82, 2.24) is 24.6 Å². The number of pyridine rings is 1. The second-order valence-corrected chi connectivity index (χ2v) is 5.17. The number of nitrogens with two attached hydrogens (primary N) is 1. The van der Waals surface area contributed by atoms with Gasteiger partial charge in [0.25, 0.3) is 5.78 Å². The maximum Gasteiger partial charge on any atom is 0.256 e. The first-order valence-corrected chi connectivity index (χ1v) is 6.61. The summed E-state index contributed by atoms with van der Waals surface area (Å²) in [6.45, 7) is 1.83. The van der Waals surface area contributed by atoms with Gasteiger partial charge in [0.1, 0.15) is 12.1 Å². The zero-order valence-electron chi connectivity index (χ0n) is 10.5. The van der Waals surface area contributed by atoms with Crippen LogP contribution in [-0.4, -0.2) is 24.6 Å². The second kappa shape index (κ2) is 4.78. The topological polar surface area (TPSA) is 82.0 Å². The summed E-state index contributed by atoms with van der Waals surface area (Å²) in [4.78, 5) is 8.19. The van der Waals surface area contributed by atoms with Crippen LogP contribution in [0.3, 0.4) is 0 Å². The molecule has 0 amide bonds. The third kappa shape index (κ3) is 2.11. The molecule has 20 heavy (non-hydrogen) atoms. The van der Waals surface area contributed by atoms with Gasteiger partial charge in [0, 0.05) is 23.4 Å². The third-order valence-electron chi connectivity index (χ3n) is 3.02. The van der Waals surface area contributed by atoms with Crippen molar-refractivity contribution in [2.24, 2.45) is 0 Å². The molecule has 0 aliphatic rings. The number of nitrogens with zero attached hydrogens (tertiary/aromatic N) is 5. The van der Waals surface area contributed by atoms with Gasteiger partial charge in [-0.25, -0.2) is 9.97 Å². The quantitative estimate of drug-likeness (QED) is 0.723. The summed E-state index contributed by atoms with van der Waals surface area (Å²) in [5, 5.41) is 7.62. The Hall–Kier alpha value is -2.09. The van der Waals surface area contributed by atoms with Crippen molar-refractivity contribution < 1.29 is 4.39 Å². The van der Waals surface area contributed by atoms with Gasteiger partial charge < -0.3 is 5.73 Å². The molecule has 0 saturated heterocycles. The van der Waals surface area contributed by atoms with Crippen LogP contribution in [0.25, 0.3) is 5.78 Å². The number of aryl methyl sites for hydroxylation is 1. The SMILES string of the molecule is Cc1nc2nncn2c(N)c1Cc1ccc(Br)c(F)n1. The molecule has 0 aromatic carbocycles. The summed E-state index contributed by atoms with van der Waals surface area (Å²) < 4.78 is 15.4. The van der Waals surface area contributed by atoms with Crippen molar-refractivity contribution in [3.63, 3.8) is 0 Å². The van der Waals surface area contributed by atoms with Crippen LogP contribution in [0.2, 0.25) is 0 Å². The maximum absolute atomic E-state index is 13.5. The second-order valence-electron chi connectivity index (χ2n) is 4.31. The van der Waals surface area contributed by atoms with E-state index in [1.165, 1.54) is 6.33 Å². The lowest BCUT2D eigenvalue weighted by molar-refractivity contribution is 0.571. The number of anilines is 1. The molecule has 0 fully saturated rings. The first kappa shape index (κ1) is 12.9. The van der Waals surface area contributed by atoms with Crippen molar-refractivity contribution in [1.29, 1.82) is 0 Å². The molecule has 0 bridgehead atoms. The van der Waals surface area contributed by atoms with Gasteiger partial charge in [-0.15, -0.1) is 10.2 Å². The van der Waals surface area contributed by atoms with Crippen LogP contribution in [0.15, 0.2) is 22.9 Å². The van der Waals surface area contributed by atoms with Crippen LogP contribution >= 0.6 is 15.9 Å². The molecule has 0 radical (unpaired) electrons. The largest absolute Gasteiger partial charge is 0.384 e. The summed E-state index contributed by atoms with van der Waals surface area (Å²) >= 11 is 3.08. The summed E-state index contributed by atoms with van der Waals surface area (Å²) in [6.07, 6.45) is 1.89. The Labute approximate surface area is 122 Å². The highest BCUT2D eigenvalue weighted by molar-refractivity contribution is 9.10. The average molecular weight is 337 g/mol. The Balaban J connectivity index is 2.07. The van der Waals surface area contributed by atoms with Crippen molar-refractivity contribution >= 4 is 27.5 Å². The minimum Gasteiger partial charge on any atom is -0.384 e. The van der Waals surface area contributed by atoms with E-state index < -0.39 is 5.95 Å². The van der Waals surface area contributed by atoms with E-state index in [1.54, 1.807) is 16.5 Å². The highest BCUT2D eigenvalue weighted by Crippen LogP contribution is 2.21. The van der Waals surface area contributed by atoms with Crippen LogP contribution in [0.5, 0.6) is 0 Å². The van der Waals surface area contributed by atoms with Gasteiger partial charge in [-0.3, -0.25) is 4.40 Å². The predicted octanol–water partition coefficient (Wildman–Crippen LogP) is 1.90. The summed E-state index contributed by atoms with van der Waals surface area (Å²) in [5.74, 6) is 0.387. The lowest BCUT2D eigenvalue weighted by Crippen LogP contribution is -2.08. The summed E-state index contributed by atoms with van der Waals surface area (Å²) in [5.41, 5.74) is 8.18. The molecule has 6 nitrogen and oxygen atoms in total. The molecular weight excluding hydrogens is 327 g/mol. The van der Waals surface area contributed by atoms with Crippen LogP contribution < -0.4 is 5.73 Å². The Bertz CT molecular complexity index is 800. The molecule has 0 saturated carbocycles. The fourth-order valence-corrected chi connectivity index (χ4v) is 2.20. The van der Waals surface area contributed by atoms with Crippen molar-refractivity contribution in [2.45, 2.75) is 13.3 Å². The molecule has 0 unspecified atom stereocenters. The van der Waals surface area contributed by atoms with Gasteiger partial charge in [-0.05, 0) is 35.0 Å². The smallest absolute Gasteiger partial charge is 0.256 e. The van der Waals surface area contributed by atoms with Gasteiger partial charge in [0.15, 0.2) is 0 Å². The molecule has 0 atom stereocenters. The van der Waals surface area contributed by atoms with Crippen LogP contribution in [0.1, 0.15) is 17.0 Å². The zero-order chi connectivity index (χ0) is 14.3. The highest BCUT2D eigenvalue weighted by atomic mass is 79.9. The molecular formula is C12H10BrFN6. The van der Waals surface area contributed by atoms with Crippen molar-refractivity contribution in [3.8, 4) is 0 Å². The minimum absolute atomic E-state index is 0.332. The number of fused-ring (bicyclic) bond motifs is 1. The molecule has 3 heterocycles. The molecule has 0 spiro atoms. The zero-order valence-corrected chi connectivity index (χ0v) is 12.1. The van der Waals surface area contributed by atoms with Crippen LogP contribution in [0, 0.1) is 12.9 Å². The van der Waals surface area contributed by atoms with Gasteiger partial charge in [-0.2, -0.15) is 4.39 Å². The Morgan fingerprint density at radius 3 is 2.90 bits per heavy atom. The van der Waals surface area contributed by atoms with Gasteiger partial charge >= 0.3 is 0 Å². The molecule has 8 heteroatoms. The normalized spacial score (nSPS) is 11.2. The van der Waals surface area contributed by atoms with Crippen molar-refractivity contribution in [3.05, 3.63) is 45.8 Å². The van der Waals surface area contributed by atoms with E-state index in [-0.39, 0.29) is 0 Å². The van der Waals surface area contributed by atoms with Crippen LogP contribution in [0.4, 0.5) is 10.2 Å². The number of hydrogen-bond donors (Lipinski definition) is 1. The summed E-state index contributed by atoms with van der Waals surface area (Å²) in [6, 6.07) is 3.36. The molecule has 3 aromatic heterocycles. The lowest BCUT2D eigenvalue weighted by atomic mass is 10.1. The molecule has 3 aromatic rings. The molecule has 2 N–H and O–H groups in total. The van der Waals surface area contributed by atoms with E-state index in [0.717, 1.165) is 11.3 Å². The predicted molar refractivity (Wildman–Crippen MR) is 74.6 cm³/mol. The maximum atomic E-state index is 13.5. The molecule has 102 valence electrons. The van der Waals surface area contributed by atoms with E-state index >= 15 is 0 Å². The van der Waals surface area contributed by atoms with E-state index in [4.69, 9.17) is 5.73 Å². The van der Waals surface area contributed by atoms with E-state index in [1.807, 2.05) is 6.92 Å². The minimum atomic E-state index is -0.544. The first-order chi connectivity index (χ1) is 9.56. The van der Waals surface area contributed by atoms with E-state index in [0.29, 0.717) is 28.2 Å². The van der Waals surface area contributed by atoms with E-state index in [9.17, 15) is 4.39 Å². The Kier molecular flexibility index (Phi) is 3.09. The fourth-order valence-electron chi connectivity index (χ4n) is 1.98. The van der Waals surface area contributed by atoms with Crippen LogP contribution in [-0.2, 0) is 6.42 Å². The Morgan fingerprint density at radius 1 is 1.35 bits per heavy atom. The highest BCUT2D eigenvalue weighted by Gasteiger charge is 2.13. The molecule has 0 aliphatic heterocycles. The number of halogens is 2. The summed E-state index contributed by atoms with van der Waals surface area (Å²) in [7, 11) is 0. The molecule has 0 aliphatic carbocycles. The van der Waals surface area contributed by atoms with Crippen molar-refractivity contribution in [2.75, 3.05) is 5.73 Å². The third-order valence-corrected chi connectivity index (χ3v) is 3.61. The Morgan fingerprint density at radius 2 is 2.15 bits per heavy atom. The standard InChI is InChI=1S/C12H10BrFN6/c1-6-8(4-7-2-3-9(13)10(14)18-7)11(15)20-5-16-19-12(20)17-6/h2-3,5H,4,15H2,1H3.